The molecule has 2 aromatic carbocycles. The second kappa shape index (κ2) is 14.8. The molecule has 2 unspecified atom stereocenters. The molecule has 0 fully saturated rings. The number of hydrogen-bond acceptors (Lipinski definition) is 3. The minimum absolute atomic E-state index is 0.651. The fraction of sp³-hybridized carbons (Fsp3) is 0.571. The summed E-state index contributed by atoms with van der Waals surface area (Å²) in [5.74, 6) is 3.19. The van der Waals surface area contributed by atoms with Crippen LogP contribution in [0.1, 0.15) is 79.1 Å². The minimum atomic E-state index is 0.651. The van der Waals surface area contributed by atoms with Crippen molar-refractivity contribution in [3.63, 3.8) is 0 Å². The SMILES string of the molecule is CCCCC(CC)COc1ccc(Nc2ccc(OCC(CC)CCCC)cc2)cc1. The van der Waals surface area contributed by atoms with E-state index in [1.54, 1.807) is 0 Å². The number of unbranched alkanes of at least 4 members (excludes halogenated alkanes) is 2. The number of benzene rings is 2. The fourth-order valence-electron chi connectivity index (χ4n) is 3.66. The van der Waals surface area contributed by atoms with Crippen LogP contribution >= 0.6 is 0 Å². The van der Waals surface area contributed by atoms with Gasteiger partial charge in [-0.25, -0.2) is 0 Å². The number of hydrogen-bond donors (Lipinski definition) is 1. The maximum absolute atomic E-state index is 6.01. The Morgan fingerprint density at radius 3 is 1.32 bits per heavy atom. The molecule has 0 bridgehead atoms. The predicted octanol–water partition coefficient (Wildman–Crippen LogP) is 8.62. The van der Waals surface area contributed by atoms with Crippen molar-refractivity contribution < 1.29 is 9.47 Å². The van der Waals surface area contributed by atoms with Crippen molar-refractivity contribution in [1.82, 2.24) is 0 Å². The molecule has 3 nitrogen and oxygen atoms in total. The van der Waals surface area contributed by atoms with Crippen molar-refractivity contribution in [1.29, 1.82) is 0 Å². The van der Waals surface area contributed by atoms with Gasteiger partial charge in [0.1, 0.15) is 11.5 Å². The van der Waals surface area contributed by atoms with Crippen LogP contribution in [0.25, 0.3) is 0 Å². The summed E-state index contributed by atoms with van der Waals surface area (Å²) in [4.78, 5) is 0. The molecule has 0 aliphatic carbocycles. The Hall–Kier alpha value is -2.16. The first-order chi connectivity index (χ1) is 15.2. The van der Waals surface area contributed by atoms with Crippen LogP contribution in [-0.2, 0) is 0 Å². The van der Waals surface area contributed by atoms with Gasteiger partial charge < -0.3 is 14.8 Å². The monoisotopic (exact) mass is 425 g/mol. The molecule has 0 radical (unpaired) electrons. The molecule has 31 heavy (non-hydrogen) atoms. The van der Waals surface area contributed by atoms with Crippen molar-refractivity contribution in [3.8, 4) is 11.5 Å². The summed E-state index contributed by atoms with van der Waals surface area (Å²) in [6.07, 6.45) is 9.94. The molecule has 0 heterocycles. The van der Waals surface area contributed by atoms with Crippen LogP contribution in [0.3, 0.4) is 0 Å². The number of ether oxygens (including phenoxy) is 2. The quantitative estimate of drug-likeness (QED) is 0.292. The van der Waals surface area contributed by atoms with Gasteiger partial charge in [-0.1, -0.05) is 66.2 Å². The Kier molecular flexibility index (Phi) is 12.0. The Labute approximate surface area is 190 Å². The molecule has 0 spiro atoms. The molecule has 0 saturated heterocycles. The largest absolute Gasteiger partial charge is 0.493 e. The lowest BCUT2D eigenvalue weighted by atomic mass is 10.0. The van der Waals surface area contributed by atoms with Gasteiger partial charge >= 0.3 is 0 Å². The lowest BCUT2D eigenvalue weighted by Crippen LogP contribution is -2.11. The second-order valence-electron chi connectivity index (χ2n) is 8.63. The number of rotatable bonds is 16. The molecule has 1 N–H and O–H groups in total. The van der Waals surface area contributed by atoms with Crippen LogP contribution in [0.2, 0.25) is 0 Å². The molecule has 3 heteroatoms. The molecule has 0 saturated carbocycles. The number of anilines is 2. The van der Waals surface area contributed by atoms with E-state index < -0.39 is 0 Å². The highest BCUT2D eigenvalue weighted by atomic mass is 16.5. The Bertz CT molecular complexity index is 634. The van der Waals surface area contributed by atoms with E-state index in [1.807, 2.05) is 24.3 Å². The highest BCUT2D eigenvalue weighted by Crippen LogP contribution is 2.24. The van der Waals surface area contributed by atoms with Crippen molar-refractivity contribution in [2.24, 2.45) is 11.8 Å². The Morgan fingerprint density at radius 1 is 0.613 bits per heavy atom. The smallest absolute Gasteiger partial charge is 0.119 e. The van der Waals surface area contributed by atoms with Crippen LogP contribution in [0.5, 0.6) is 11.5 Å². The van der Waals surface area contributed by atoms with E-state index in [0.29, 0.717) is 11.8 Å². The fourth-order valence-corrected chi connectivity index (χ4v) is 3.66. The van der Waals surface area contributed by atoms with Crippen molar-refractivity contribution in [3.05, 3.63) is 48.5 Å². The first-order valence-electron chi connectivity index (χ1n) is 12.4. The summed E-state index contributed by atoms with van der Waals surface area (Å²) in [5, 5.41) is 3.46. The average Bonchev–Trinajstić information content (AvgIpc) is 2.81. The zero-order valence-electron chi connectivity index (χ0n) is 20.2. The van der Waals surface area contributed by atoms with Crippen LogP contribution in [-0.4, -0.2) is 13.2 Å². The molecule has 2 aromatic rings. The lowest BCUT2D eigenvalue weighted by Gasteiger charge is -2.16. The molecule has 0 aliphatic rings. The summed E-state index contributed by atoms with van der Waals surface area (Å²) in [5.41, 5.74) is 2.12. The molecule has 0 amide bonds. The zero-order valence-corrected chi connectivity index (χ0v) is 20.2. The van der Waals surface area contributed by atoms with Crippen molar-refractivity contribution in [2.45, 2.75) is 79.1 Å². The van der Waals surface area contributed by atoms with Crippen LogP contribution in [0, 0.1) is 11.8 Å². The van der Waals surface area contributed by atoms with Gasteiger partial charge in [0, 0.05) is 11.4 Å². The third-order valence-electron chi connectivity index (χ3n) is 6.06. The van der Waals surface area contributed by atoms with Gasteiger partial charge in [-0.2, -0.15) is 0 Å². The van der Waals surface area contributed by atoms with E-state index in [9.17, 15) is 0 Å². The van der Waals surface area contributed by atoms with Crippen LogP contribution in [0.4, 0.5) is 11.4 Å². The predicted molar refractivity (Wildman–Crippen MR) is 134 cm³/mol. The maximum Gasteiger partial charge on any atom is 0.119 e. The van der Waals surface area contributed by atoms with Gasteiger partial charge in [-0.15, -0.1) is 0 Å². The van der Waals surface area contributed by atoms with Gasteiger partial charge in [-0.05, 0) is 73.2 Å². The summed E-state index contributed by atoms with van der Waals surface area (Å²) >= 11 is 0. The third kappa shape index (κ3) is 9.67. The minimum Gasteiger partial charge on any atom is -0.493 e. The zero-order chi connectivity index (χ0) is 22.3. The Balaban J connectivity index is 1.79. The van der Waals surface area contributed by atoms with E-state index in [0.717, 1.165) is 36.1 Å². The summed E-state index contributed by atoms with van der Waals surface area (Å²) in [7, 11) is 0. The molecule has 0 aromatic heterocycles. The highest BCUT2D eigenvalue weighted by molar-refractivity contribution is 5.61. The maximum atomic E-state index is 6.01. The van der Waals surface area contributed by atoms with Gasteiger partial charge in [0.15, 0.2) is 0 Å². The molecular weight excluding hydrogens is 382 g/mol. The van der Waals surface area contributed by atoms with Crippen molar-refractivity contribution in [2.75, 3.05) is 18.5 Å². The number of nitrogens with one attached hydrogen (secondary N) is 1. The average molecular weight is 426 g/mol. The van der Waals surface area contributed by atoms with Gasteiger partial charge in [-0.3, -0.25) is 0 Å². The second-order valence-corrected chi connectivity index (χ2v) is 8.63. The van der Waals surface area contributed by atoms with Crippen LogP contribution in [0.15, 0.2) is 48.5 Å². The summed E-state index contributed by atoms with van der Waals surface area (Å²) < 4.78 is 12.0. The first-order valence-corrected chi connectivity index (χ1v) is 12.4. The van der Waals surface area contributed by atoms with E-state index in [4.69, 9.17) is 9.47 Å². The highest BCUT2D eigenvalue weighted by Gasteiger charge is 2.08. The first kappa shape index (κ1) is 25.1. The summed E-state index contributed by atoms with van der Waals surface area (Å²) in [6.45, 7) is 10.6. The standard InChI is InChI=1S/C28H43NO2/c1-5-9-11-23(7-3)21-30-27-17-13-25(14-18-27)29-26-15-19-28(20-16-26)31-22-24(8-4)12-10-6-2/h13-20,23-24,29H,5-12,21-22H2,1-4H3. The molecule has 2 rings (SSSR count). The summed E-state index contributed by atoms with van der Waals surface area (Å²) in [6, 6.07) is 16.5. The molecule has 172 valence electrons. The lowest BCUT2D eigenvalue weighted by molar-refractivity contribution is 0.233. The van der Waals surface area contributed by atoms with E-state index in [1.165, 1.54) is 51.4 Å². The van der Waals surface area contributed by atoms with E-state index in [2.05, 4.69) is 57.3 Å². The van der Waals surface area contributed by atoms with Crippen LogP contribution < -0.4 is 14.8 Å². The third-order valence-corrected chi connectivity index (χ3v) is 6.06. The van der Waals surface area contributed by atoms with E-state index >= 15 is 0 Å². The Morgan fingerprint density at radius 2 is 1.00 bits per heavy atom. The molecular formula is C28H43NO2. The van der Waals surface area contributed by atoms with Gasteiger partial charge in [0.25, 0.3) is 0 Å². The topological polar surface area (TPSA) is 30.5 Å². The normalized spacial score (nSPS) is 12.9. The van der Waals surface area contributed by atoms with Gasteiger partial charge in [0.2, 0.25) is 0 Å². The molecule has 2 atom stereocenters. The van der Waals surface area contributed by atoms with Gasteiger partial charge in [0.05, 0.1) is 13.2 Å². The van der Waals surface area contributed by atoms with Crippen molar-refractivity contribution >= 4 is 11.4 Å². The molecule has 0 aliphatic heterocycles. The van der Waals surface area contributed by atoms with E-state index in [-0.39, 0.29) is 0 Å².